The van der Waals surface area contributed by atoms with Crippen molar-refractivity contribution in [3.63, 3.8) is 0 Å². The van der Waals surface area contributed by atoms with Crippen LogP contribution in [0.1, 0.15) is 55.4 Å². The topological polar surface area (TPSA) is 0 Å². The monoisotopic (exact) mass is 278 g/mol. The minimum atomic E-state index is -1.05. The van der Waals surface area contributed by atoms with Crippen LogP contribution in [0.3, 0.4) is 0 Å². The molecule has 2 atom stereocenters. The van der Waals surface area contributed by atoms with Crippen LogP contribution < -0.4 is 0 Å². The van der Waals surface area contributed by atoms with Crippen LogP contribution in [-0.2, 0) is 0 Å². The van der Waals surface area contributed by atoms with Gasteiger partial charge in [0.2, 0.25) is 0 Å². The number of hydrogen-bond donors (Lipinski definition) is 0. The molecule has 0 aromatic carbocycles. The second-order valence-electron chi connectivity index (χ2n) is 6.85. The van der Waals surface area contributed by atoms with Crippen molar-refractivity contribution in [3.05, 3.63) is 0 Å². The van der Waals surface area contributed by atoms with Gasteiger partial charge in [-0.2, -0.15) is 0 Å². The zero-order chi connectivity index (χ0) is 11.4. The van der Waals surface area contributed by atoms with Crippen LogP contribution in [0.5, 0.6) is 0 Å². The van der Waals surface area contributed by atoms with Gasteiger partial charge >= 0.3 is 96.8 Å². The van der Waals surface area contributed by atoms with Crippen LogP contribution in [0.2, 0.25) is 20.4 Å². The van der Waals surface area contributed by atoms with Gasteiger partial charge in [-0.3, -0.25) is 0 Å². The fraction of sp³-hybridized carbons (Fsp3) is 1.00. The van der Waals surface area contributed by atoms with Crippen LogP contribution in [0, 0.1) is 0 Å². The van der Waals surface area contributed by atoms with Gasteiger partial charge in [-0.15, -0.1) is 0 Å². The summed E-state index contributed by atoms with van der Waals surface area (Å²) in [4.78, 5) is 1.03. The summed E-state index contributed by atoms with van der Waals surface area (Å²) >= 11 is 0.947. The molecule has 0 saturated carbocycles. The maximum atomic E-state index is 2.53. The molecule has 2 heteroatoms. The Hall–Kier alpha value is 0.736. The first-order chi connectivity index (χ1) is 6.04. The van der Waals surface area contributed by atoms with E-state index < -0.39 is 6.68 Å². The fourth-order valence-corrected chi connectivity index (χ4v) is 22.7. The molecule has 1 rings (SSSR count). The first-order valence-corrected chi connectivity index (χ1v) is 11.3. The van der Waals surface area contributed by atoms with E-state index in [0.29, 0.717) is 10.1 Å². The average Bonchev–Trinajstić information content (AvgIpc) is 1.93. The van der Waals surface area contributed by atoms with E-state index in [2.05, 4.69) is 55.4 Å². The molecule has 1 heterocycles. The molecular weight excluding hydrogens is 251 g/mol. The molecule has 0 N–H and O–H groups in total. The van der Waals surface area contributed by atoms with Gasteiger partial charge in [0.1, 0.15) is 0 Å². The van der Waals surface area contributed by atoms with E-state index in [1.165, 1.54) is 0 Å². The van der Waals surface area contributed by atoms with Crippen molar-refractivity contribution in [1.82, 2.24) is 0 Å². The molecule has 0 radical (unpaired) electrons. The Balaban J connectivity index is 3.08. The second-order valence-corrected chi connectivity index (χ2v) is 19.6. The average molecular weight is 277 g/mol. The fourth-order valence-electron chi connectivity index (χ4n) is 3.61. The summed E-state index contributed by atoms with van der Waals surface area (Å²) in [6.07, 6.45) is 0. The molecular formula is C12H26SeSi. The first-order valence-electron chi connectivity index (χ1n) is 5.72. The zero-order valence-corrected chi connectivity index (χ0v) is 13.8. The summed E-state index contributed by atoms with van der Waals surface area (Å²) < 4.78 is 0. The first kappa shape index (κ1) is 12.8. The molecule has 0 aromatic rings. The van der Waals surface area contributed by atoms with Gasteiger partial charge in [-0.1, -0.05) is 0 Å². The van der Waals surface area contributed by atoms with E-state index in [9.17, 15) is 0 Å². The van der Waals surface area contributed by atoms with Crippen molar-refractivity contribution < 1.29 is 0 Å². The minimum absolute atomic E-state index is 0.594. The van der Waals surface area contributed by atoms with Crippen LogP contribution in [-0.4, -0.2) is 21.0 Å². The molecule has 0 spiro atoms. The van der Waals surface area contributed by atoms with Crippen molar-refractivity contribution in [3.8, 4) is 0 Å². The van der Waals surface area contributed by atoms with Crippen LogP contribution in [0.4, 0.5) is 0 Å². The zero-order valence-electron chi connectivity index (χ0n) is 11.1. The Morgan fingerprint density at radius 2 is 1.21 bits per heavy atom. The summed E-state index contributed by atoms with van der Waals surface area (Å²) in [6.45, 7) is 18.9. The molecule has 0 bridgehead atoms. The van der Waals surface area contributed by atoms with Gasteiger partial charge in [0, 0.05) is 0 Å². The molecule has 1 aliphatic rings. The third-order valence-corrected chi connectivity index (χ3v) is 27.1. The van der Waals surface area contributed by atoms with E-state index >= 15 is 0 Å². The predicted molar refractivity (Wildman–Crippen MR) is 69.8 cm³/mol. The summed E-state index contributed by atoms with van der Waals surface area (Å²) in [5.41, 5.74) is 1.03. The molecule has 0 aromatic heterocycles. The van der Waals surface area contributed by atoms with E-state index in [1.807, 2.05) is 0 Å². The van der Waals surface area contributed by atoms with Gasteiger partial charge in [-0.05, 0) is 0 Å². The Kier molecular flexibility index (Phi) is 3.08. The second kappa shape index (κ2) is 3.36. The summed E-state index contributed by atoms with van der Waals surface area (Å²) in [5, 5.41) is 1.19. The normalized spacial score (nSPS) is 32.6. The third-order valence-electron chi connectivity index (χ3n) is 3.95. The molecule has 14 heavy (non-hydrogen) atoms. The van der Waals surface area contributed by atoms with Gasteiger partial charge in [-0.25, -0.2) is 0 Å². The Labute approximate surface area is 96.9 Å². The van der Waals surface area contributed by atoms with Crippen molar-refractivity contribution in [2.45, 2.75) is 75.8 Å². The van der Waals surface area contributed by atoms with Crippen LogP contribution >= 0.6 is 0 Å². The van der Waals surface area contributed by atoms with E-state index in [4.69, 9.17) is 0 Å². The molecule has 0 unspecified atom stereocenters. The molecule has 0 aliphatic carbocycles. The molecule has 1 saturated heterocycles. The summed E-state index contributed by atoms with van der Waals surface area (Å²) in [6, 6.07) is 0. The van der Waals surface area contributed by atoms with Gasteiger partial charge in [0.25, 0.3) is 0 Å². The van der Waals surface area contributed by atoms with E-state index in [0.717, 1.165) is 24.7 Å². The van der Waals surface area contributed by atoms with Crippen LogP contribution in [0.25, 0.3) is 0 Å². The number of rotatable bonds is 0. The standard InChI is InChI=1S/C12H26SeSi/c1-9-10(2)14(13-9,11(3,4)5)12(6,7)8/h9-10H,1-8H3/t9-,10-/m1/s1. The Bertz CT molecular complexity index is 207. The van der Waals surface area contributed by atoms with Crippen molar-refractivity contribution in [1.29, 1.82) is 0 Å². The van der Waals surface area contributed by atoms with Gasteiger partial charge in [0.05, 0.1) is 0 Å². The number of hydrogen-bond acceptors (Lipinski definition) is 0. The Morgan fingerprint density at radius 1 is 0.857 bits per heavy atom. The van der Waals surface area contributed by atoms with E-state index in [1.54, 1.807) is 0 Å². The van der Waals surface area contributed by atoms with Gasteiger partial charge in [0.15, 0.2) is 0 Å². The van der Waals surface area contributed by atoms with Gasteiger partial charge < -0.3 is 0 Å². The Morgan fingerprint density at radius 3 is 1.29 bits per heavy atom. The molecule has 0 nitrogen and oxygen atoms in total. The van der Waals surface area contributed by atoms with Crippen molar-refractivity contribution in [2.24, 2.45) is 0 Å². The summed E-state index contributed by atoms with van der Waals surface area (Å²) in [5.74, 6) is 0. The summed E-state index contributed by atoms with van der Waals surface area (Å²) in [7, 11) is 0. The molecule has 1 aliphatic heterocycles. The van der Waals surface area contributed by atoms with Crippen molar-refractivity contribution >= 4 is 21.0 Å². The maximum absolute atomic E-state index is 2.53. The third kappa shape index (κ3) is 1.54. The molecule has 0 amide bonds. The van der Waals surface area contributed by atoms with Crippen LogP contribution in [0.15, 0.2) is 0 Å². The quantitative estimate of drug-likeness (QED) is 0.574. The molecule has 1 fully saturated rings. The SMILES string of the molecule is C[C@@H]1[C@@H](C)[Se][Si]1(C(C)(C)C)C(C)(C)C. The predicted octanol–water partition coefficient (Wildman–Crippen LogP) is 4.45. The van der Waals surface area contributed by atoms with E-state index in [-0.39, 0.29) is 0 Å². The van der Waals surface area contributed by atoms with Crippen molar-refractivity contribution in [2.75, 3.05) is 0 Å². The molecule has 84 valence electrons.